The molecule has 1 atom stereocenters. The second kappa shape index (κ2) is 8.22. The van der Waals surface area contributed by atoms with Crippen molar-refractivity contribution in [1.29, 1.82) is 0 Å². The van der Waals surface area contributed by atoms with Crippen molar-refractivity contribution in [1.82, 2.24) is 5.32 Å². The first-order valence-electron chi connectivity index (χ1n) is 8.55. The number of para-hydroxylation sites is 1. The first kappa shape index (κ1) is 18.9. The van der Waals surface area contributed by atoms with Gasteiger partial charge in [-0.15, -0.1) is 0 Å². The zero-order chi connectivity index (χ0) is 19.4. The highest BCUT2D eigenvalue weighted by Crippen LogP contribution is 2.31. The number of hydrogen-bond donors (Lipinski definition) is 1. The highest BCUT2D eigenvalue weighted by atomic mass is 35.5. The smallest absolute Gasteiger partial charge is 0.325 e. The molecule has 2 aromatic carbocycles. The molecule has 7 heteroatoms. The fourth-order valence-corrected chi connectivity index (χ4v) is 3.28. The van der Waals surface area contributed by atoms with E-state index in [1.165, 1.54) is 6.07 Å². The molecule has 0 aliphatic carbocycles. The van der Waals surface area contributed by atoms with Crippen LogP contribution in [0.1, 0.15) is 22.8 Å². The number of hydrogen-bond acceptors (Lipinski definition) is 4. The van der Waals surface area contributed by atoms with Crippen LogP contribution in [-0.4, -0.2) is 37.0 Å². The quantitative estimate of drug-likeness (QED) is 0.801. The average molecular weight is 387 g/mol. The number of carbonyl (C=O) groups is 3. The van der Waals surface area contributed by atoms with Gasteiger partial charge in [-0.2, -0.15) is 0 Å². The number of nitrogens with zero attached hydrogens (tertiary/aromatic N) is 1. The third-order valence-electron chi connectivity index (χ3n) is 4.31. The number of esters is 1. The largest absolute Gasteiger partial charge is 0.454 e. The minimum absolute atomic E-state index is 0.0103. The average Bonchev–Trinajstić information content (AvgIpc) is 2.99. The highest BCUT2D eigenvalue weighted by Gasteiger charge is 2.30. The molecule has 0 aromatic heterocycles. The molecule has 0 radical (unpaired) electrons. The lowest BCUT2D eigenvalue weighted by molar-refractivity contribution is -0.146. The Morgan fingerprint density at radius 1 is 1.19 bits per heavy atom. The van der Waals surface area contributed by atoms with Gasteiger partial charge in [0.05, 0.1) is 0 Å². The molecule has 0 bridgehead atoms. The summed E-state index contributed by atoms with van der Waals surface area (Å²) in [6, 6.07) is 14.0. The van der Waals surface area contributed by atoms with E-state index in [0.29, 0.717) is 10.6 Å². The fraction of sp³-hybridized carbons (Fsp3) is 0.250. The number of ether oxygens (including phenoxy) is 1. The maximum absolute atomic E-state index is 12.5. The van der Waals surface area contributed by atoms with Gasteiger partial charge in [-0.3, -0.25) is 14.4 Å². The standard InChI is InChI=1S/C20H19ClN2O4/c1-13-9-14-5-2-3-8-17(14)23(13)18(24)12-27-19(25)11-22-20(26)15-6-4-7-16(21)10-15/h2-8,10,13H,9,11-12H2,1H3,(H,22,26)/t13-/m0/s1. The van der Waals surface area contributed by atoms with E-state index in [4.69, 9.17) is 16.3 Å². The molecule has 0 fully saturated rings. The Morgan fingerprint density at radius 3 is 2.74 bits per heavy atom. The van der Waals surface area contributed by atoms with Gasteiger partial charge in [-0.1, -0.05) is 35.9 Å². The third-order valence-corrected chi connectivity index (χ3v) is 4.55. The van der Waals surface area contributed by atoms with Crippen LogP contribution >= 0.6 is 11.6 Å². The summed E-state index contributed by atoms with van der Waals surface area (Å²) < 4.78 is 5.02. The molecule has 1 aliphatic heterocycles. The van der Waals surface area contributed by atoms with Gasteiger partial charge in [-0.25, -0.2) is 0 Å². The topological polar surface area (TPSA) is 75.7 Å². The minimum atomic E-state index is -0.682. The first-order chi connectivity index (χ1) is 13.0. The van der Waals surface area contributed by atoms with E-state index in [0.717, 1.165) is 17.7 Å². The summed E-state index contributed by atoms with van der Waals surface area (Å²) in [6.45, 7) is 1.25. The van der Waals surface area contributed by atoms with Gasteiger partial charge >= 0.3 is 5.97 Å². The van der Waals surface area contributed by atoms with Crippen LogP contribution < -0.4 is 10.2 Å². The molecular weight excluding hydrogens is 368 g/mol. The second-order valence-electron chi connectivity index (χ2n) is 6.30. The lowest BCUT2D eigenvalue weighted by atomic mass is 10.1. The number of anilines is 1. The van der Waals surface area contributed by atoms with Crippen LogP contribution in [0.5, 0.6) is 0 Å². The maximum Gasteiger partial charge on any atom is 0.325 e. The van der Waals surface area contributed by atoms with Crippen molar-refractivity contribution in [2.24, 2.45) is 0 Å². The summed E-state index contributed by atoms with van der Waals surface area (Å²) in [4.78, 5) is 37.9. The van der Waals surface area contributed by atoms with Gasteiger partial charge in [-0.05, 0) is 43.2 Å². The van der Waals surface area contributed by atoms with E-state index in [9.17, 15) is 14.4 Å². The Hall–Kier alpha value is -2.86. The molecule has 3 rings (SSSR count). The number of rotatable bonds is 5. The van der Waals surface area contributed by atoms with Gasteiger partial charge < -0.3 is 15.0 Å². The number of fused-ring (bicyclic) bond motifs is 1. The molecular formula is C20H19ClN2O4. The Kier molecular flexibility index (Phi) is 5.76. The van der Waals surface area contributed by atoms with Crippen molar-refractivity contribution in [3.05, 3.63) is 64.7 Å². The van der Waals surface area contributed by atoms with E-state index in [-0.39, 0.29) is 25.1 Å². The Bertz CT molecular complexity index is 884. The minimum Gasteiger partial charge on any atom is -0.454 e. The van der Waals surface area contributed by atoms with E-state index in [1.807, 2.05) is 31.2 Å². The van der Waals surface area contributed by atoms with Crippen molar-refractivity contribution in [3.63, 3.8) is 0 Å². The van der Waals surface area contributed by atoms with E-state index in [1.54, 1.807) is 23.1 Å². The first-order valence-corrected chi connectivity index (χ1v) is 8.93. The molecule has 1 N–H and O–H groups in total. The van der Waals surface area contributed by atoms with Gasteiger partial charge in [0.1, 0.15) is 6.54 Å². The fourth-order valence-electron chi connectivity index (χ4n) is 3.09. The molecule has 2 aromatic rings. The van der Waals surface area contributed by atoms with Crippen molar-refractivity contribution in [3.8, 4) is 0 Å². The van der Waals surface area contributed by atoms with Gasteiger partial charge in [0.2, 0.25) is 0 Å². The summed E-state index contributed by atoms with van der Waals surface area (Å²) in [5.74, 6) is -1.41. The molecule has 1 heterocycles. The number of benzene rings is 2. The Labute approximate surface area is 162 Å². The van der Waals surface area contributed by atoms with Crippen LogP contribution in [0.3, 0.4) is 0 Å². The molecule has 2 amide bonds. The Balaban J connectivity index is 1.49. The predicted molar refractivity (Wildman–Crippen MR) is 102 cm³/mol. The van der Waals surface area contributed by atoms with Crippen molar-refractivity contribution < 1.29 is 19.1 Å². The van der Waals surface area contributed by atoms with Gasteiger partial charge in [0.15, 0.2) is 6.61 Å². The number of amides is 2. The molecule has 27 heavy (non-hydrogen) atoms. The molecule has 0 spiro atoms. The SMILES string of the molecule is C[C@H]1Cc2ccccc2N1C(=O)COC(=O)CNC(=O)c1cccc(Cl)c1. The predicted octanol–water partition coefficient (Wildman–Crippen LogP) is 2.59. The third kappa shape index (κ3) is 4.46. The van der Waals surface area contributed by atoms with Crippen molar-refractivity contribution >= 4 is 35.1 Å². The molecule has 0 saturated carbocycles. The molecule has 0 saturated heterocycles. The van der Waals surface area contributed by atoms with Gasteiger partial charge in [0.25, 0.3) is 11.8 Å². The monoisotopic (exact) mass is 386 g/mol. The number of nitrogens with one attached hydrogen (secondary N) is 1. The summed E-state index contributed by atoms with van der Waals surface area (Å²) in [5, 5.41) is 2.87. The Morgan fingerprint density at radius 2 is 1.96 bits per heavy atom. The van der Waals surface area contributed by atoms with E-state index >= 15 is 0 Å². The summed E-state index contributed by atoms with van der Waals surface area (Å²) >= 11 is 5.83. The second-order valence-corrected chi connectivity index (χ2v) is 6.74. The van der Waals surface area contributed by atoms with Crippen LogP contribution in [0.15, 0.2) is 48.5 Å². The van der Waals surface area contributed by atoms with Crippen LogP contribution in [-0.2, 0) is 20.7 Å². The highest BCUT2D eigenvalue weighted by molar-refractivity contribution is 6.31. The van der Waals surface area contributed by atoms with Crippen molar-refractivity contribution in [2.45, 2.75) is 19.4 Å². The van der Waals surface area contributed by atoms with Crippen LogP contribution in [0.2, 0.25) is 5.02 Å². The number of carbonyl (C=O) groups excluding carboxylic acids is 3. The molecule has 140 valence electrons. The summed E-state index contributed by atoms with van der Waals surface area (Å²) in [6.07, 6.45) is 0.769. The van der Waals surface area contributed by atoms with Crippen LogP contribution in [0.25, 0.3) is 0 Å². The zero-order valence-electron chi connectivity index (χ0n) is 14.8. The lowest BCUT2D eigenvalue weighted by Gasteiger charge is -2.22. The van der Waals surface area contributed by atoms with E-state index in [2.05, 4.69) is 5.32 Å². The van der Waals surface area contributed by atoms with Crippen molar-refractivity contribution in [2.75, 3.05) is 18.1 Å². The zero-order valence-corrected chi connectivity index (χ0v) is 15.5. The lowest BCUT2D eigenvalue weighted by Crippen LogP contribution is -2.39. The summed E-state index contributed by atoms with van der Waals surface area (Å²) in [7, 11) is 0. The van der Waals surface area contributed by atoms with Crippen LogP contribution in [0, 0.1) is 0 Å². The van der Waals surface area contributed by atoms with Gasteiger partial charge in [0, 0.05) is 22.3 Å². The maximum atomic E-state index is 12.5. The molecule has 1 aliphatic rings. The normalized spacial score (nSPS) is 15.2. The molecule has 6 nitrogen and oxygen atoms in total. The van der Waals surface area contributed by atoms with E-state index < -0.39 is 11.9 Å². The number of halogens is 1. The molecule has 0 unspecified atom stereocenters. The van der Waals surface area contributed by atoms with Crippen LogP contribution in [0.4, 0.5) is 5.69 Å². The summed E-state index contributed by atoms with van der Waals surface area (Å²) in [5.41, 5.74) is 2.28.